The first-order valence-electron chi connectivity index (χ1n) is 10.4. The number of amides is 1. The van der Waals surface area contributed by atoms with Crippen LogP contribution in [0, 0.1) is 5.41 Å². The first-order valence-corrected chi connectivity index (χ1v) is 11.4. The normalized spacial score (nSPS) is 20.6. The fourth-order valence-electron chi connectivity index (χ4n) is 3.94. The van der Waals surface area contributed by atoms with Crippen LogP contribution in [0.4, 0.5) is 4.79 Å². The van der Waals surface area contributed by atoms with Crippen LogP contribution in [0.15, 0.2) is 35.2 Å². The molecule has 3 rings (SSSR count). The van der Waals surface area contributed by atoms with E-state index in [4.69, 9.17) is 10.5 Å². The summed E-state index contributed by atoms with van der Waals surface area (Å²) in [5, 5.41) is 0. The van der Waals surface area contributed by atoms with Crippen molar-refractivity contribution in [2.24, 2.45) is 11.1 Å². The SMILES string of the molecule is CC(C)(C)OC(=O)N1CC2(CCN(CC[C@@H](N)CSc3ccccc3)CC2)C1. The molecule has 1 aromatic carbocycles. The second kappa shape index (κ2) is 9.06. The number of carbonyl (C=O) groups is 1. The Balaban J connectivity index is 1.31. The highest BCUT2D eigenvalue weighted by molar-refractivity contribution is 7.99. The van der Waals surface area contributed by atoms with Crippen LogP contribution in [0.1, 0.15) is 40.0 Å². The number of hydrogen-bond donors (Lipinski definition) is 1. The van der Waals surface area contributed by atoms with E-state index in [1.807, 2.05) is 43.5 Å². The van der Waals surface area contributed by atoms with Crippen LogP contribution in [0.5, 0.6) is 0 Å². The third kappa shape index (κ3) is 6.13. The highest BCUT2D eigenvalue weighted by atomic mass is 32.2. The Labute approximate surface area is 174 Å². The van der Waals surface area contributed by atoms with Gasteiger partial charge in [0.1, 0.15) is 5.60 Å². The van der Waals surface area contributed by atoms with Gasteiger partial charge in [0.05, 0.1) is 0 Å². The van der Waals surface area contributed by atoms with Crippen LogP contribution >= 0.6 is 11.8 Å². The molecule has 2 fully saturated rings. The van der Waals surface area contributed by atoms with Gasteiger partial charge in [-0.25, -0.2) is 4.79 Å². The van der Waals surface area contributed by atoms with Crippen LogP contribution in [0.3, 0.4) is 0 Å². The molecule has 156 valence electrons. The maximum Gasteiger partial charge on any atom is 0.410 e. The van der Waals surface area contributed by atoms with Crippen molar-refractivity contribution < 1.29 is 9.53 Å². The van der Waals surface area contributed by atoms with Gasteiger partial charge in [0.25, 0.3) is 0 Å². The highest BCUT2D eigenvalue weighted by Gasteiger charge is 2.47. The standard InChI is InChI=1S/C22H35N3O2S/c1-21(2,3)27-20(26)25-16-22(17-25)10-13-24(14-11-22)12-9-18(23)15-28-19-7-5-4-6-8-19/h4-8,18H,9-17,23H2,1-3H3/t18-/m1/s1. The maximum atomic E-state index is 12.2. The van der Waals surface area contributed by atoms with Gasteiger partial charge in [-0.2, -0.15) is 0 Å². The number of benzene rings is 1. The summed E-state index contributed by atoms with van der Waals surface area (Å²) in [5.41, 5.74) is 6.23. The third-order valence-corrected chi connectivity index (χ3v) is 6.84. The van der Waals surface area contributed by atoms with Gasteiger partial charge in [0.15, 0.2) is 0 Å². The van der Waals surface area contributed by atoms with Crippen LogP contribution in [0.25, 0.3) is 0 Å². The molecule has 0 aliphatic carbocycles. The lowest BCUT2D eigenvalue weighted by molar-refractivity contribution is -0.0593. The number of hydrogen-bond acceptors (Lipinski definition) is 5. The smallest absolute Gasteiger partial charge is 0.410 e. The van der Waals surface area contributed by atoms with Crippen LogP contribution in [-0.4, -0.2) is 66.0 Å². The number of thioether (sulfide) groups is 1. The number of ether oxygens (including phenoxy) is 1. The molecule has 2 N–H and O–H groups in total. The predicted octanol–water partition coefficient (Wildman–Crippen LogP) is 3.83. The molecule has 6 heteroatoms. The summed E-state index contributed by atoms with van der Waals surface area (Å²) in [5.74, 6) is 0.965. The van der Waals surface area contributed by atoms with Crippen molar-refractivity contribution in [2.75, 3.05) is 38.5 Å². The summed E-state index contributed by atoms with van der Waals surface area (Å²) in [6.45, 7) is 10.8. The zero-order chi connectivity index (χ0) is 20.2. The Bertz CT molecular complexity index is 631. The van der Waals surface area contributed by atoms with Gasteiger partial charge in [-0.05, 0) is 71.8 Å². The van der Waals surface area contributed by atoms with Crippen LogP contribution < -0.4 is 5.73 Å². The lowest BCUT2D eigenvalue weighted by atomic mass is 9.72. The molecule has 1 aromatic rings. The van der Waals surface area contributed by atoms with E-state index in [1.54, 1.807) is 0 Å². The Morgan fingerprint density at radius 2 is 1.86 bits per heavy atom. The molecule has 2 aliphatic heterocycles. The molecule has 1 amide bonds. The minimum atomic E-state index is -0.416. The highest BCUT2D eigenvalue weighted by Crippen LogP contribution is 2.41. The summed E-state index contributed by atoms with van der Waals surface area (Å²) < 4.78 is 5.48. The van der Waals surface area contributed by atoms with Gasteiger partial charge in [-0.1, -0.05) is 18.2 Å². The average molecular weight is 406 g/mol. The van der Waals surface area contributed by atoms with Gasteiger partial charge in [0, 0.05) is 35.2 Å². The van der Waals surface area contributed by atoms with E-state index in [1.165, 1.54) is 17.7 Å². The summed E-state index contributed by atoms with van der Waals surface area (Å²) in [6.07, 6.45) is 3.21. The molecule has 1 spiro atoms. The predicted molar refractivity (Wildman–Crippen MR) is 116 cm³/mol. The second-order valence-electron chi connectivity index (χ2n) is 9.35. The number of carbonyl (C=O) groups excluding carboxylic acids is 1. The van der Waals surface area contributed by atoms with Crippen molar-refractivity contribution in [1.29, 1.82) is 0 Å². The first-order chi connectivity index (χ1) is 13.2. The molecule has 1 atom stereocenters. The molecule has 2 heterocycles. The van der Waals surface area contributed by atoms with E-state index in [0.717, 1.165) is 44.9 Å². The van der Waals surface area contributed by atoms with E-state index in [9.17, 15) is 4.79 Å². The van der Waals surface area contributed by atoms with Crippen molar-refractivity contribution in [3.05, 3.63) is 30.3 Å². The third-order valence-electron chi connectivity index (χ3n) is 5.64. The maximum absolute atomic E-state index is 12.2. The van der Waals surface area contributed by atoms with Gasteiger partial charge in [0.2, 0.25) is 0 Å². The Hall–Kier alpha value is -1.24. The molecular weight excluding hydrogens is 370 g/mol. The van der Waals surface area contributed by atoms with Gasteiger partial charge in [-0.3, -0.25) is 0 Å². The Kier molecular flexibility index (Phi) is 6.94. The zero-order valence-electron chi connectivity index (χ0n) is 17.5. The Morgan fingerprint density at radius 1 is 1.21 bits per heavy atom. The summed E-state index contributed by atoms with van der Waals surface area (Å²) >= 11 is 1.84. The quantitative estimate of drug-likeness (QED) is 0.729. The molecule has 0 aromatic heterocycles. The monoisotopic (exact) mass is 405 g/mol. The molecule has 0 radical (unpaired) electrons. The molecule has 28 heavy (non-hydrogen) atoms. The van der Waals surface area contributed by atoms with E-state index in [0.29, 0.717) is 5.41 Å². The molecular formula is C22H35N3O2S. The molecule has 0 unspecified atom stereocenters. The number of rotatable bonds is 6. The largest absolute Gasteiger partial charge is 0.444 e. The van der Waals surface area contributed by atoms with Gasteiger partial charge < -0.3 is 20.3 Å². The fraction of sp³-hybridized carbons (Fsp3) is 0.682. The van der Waals surface area contributed by atoms with E-state index in [-0.39, 0.29) is 12.1 Å². The molecule has 2 saturated heterocycles. The summed E-state index contributed by atoms with van der Waals surface area (Å²) in [4.78, 5) is 17.8. The Morgan fingerprint density at radius 3 is 2.46 bits per heavy atom. The van der Waals surface area contributed by atoms with Crippen molar-refractivity contribution in [3.8, 4) is 0 Å². The number of likely N-dealkylation sites (tertiary alicyclic amines) is 2. The molecule has 0 bridgehead atoms. The van der Waals surface area contributed by atoms with Crippen LogP contribution in [0.2, 0.25) is 0 Å². The van der Waals surface area contributed by atoms with E-state index in [2.05, 4.69) is 29.2 Å². The lowest BCUT2D eigenvalue weighted by Crippen LogP contribution is -2.62. The average Bonchev–Trinajstić information content (AvgIpc) is 2.62. The minimum Gasteiger partial charge on any atom is -0.444 e. The molecule has 5 nitrogen and oxygen atoms in total. The van der Waals surface area contributed by atoms with Crippen LogP contribution in [-0.2, 0) is 4.74 Å². The van der Waals surface area contributed by atoms with Gasteiger partial charge in [-0.15, -0.1) is 11.8 Å². The van der Waals surface area contributed by atoms with Crippen molar-refractivity contribution >= 4 is 17.9 Å². The molecule has 2 aliphatic rings. The lowest BCUT2D eigenvalue weighted by Gasteiger charge is -2.53. The molecule has 0 saturated carbocycles. The number of nitrogens with two attached hydrogens (primary N) is 1. The van der Waals surface area contributed by atoms with E-state index < -0.39 is 5.60 Å². The van der Waals surface area contributed by atoms with Crippen molar-refractivity contribution in [3.63, 3.8) is 0 Å². The van der Waals surface area contributed by atoms with Crippen molar-refractivity contribution in [1.82, 2.24) is 9.80 Å². The summed E-state index contributed by atoms with van der Waals surface area (Å²) in [6, 6.07) is 10.7. The first kappa shape index (κ1) is 21.5. The number of nitrogens with zero attached hydrogens (tertiary/aromatic N) is 2. The zero-order valence-corrected chi connectivity index (χ0v) is 18.3. The summed E-state index contributed by atoms with van der Waals surface area (Å²) in [7, 11) is 0. The van der Waals surface area contributed by atoms with E-state index >= 15 is 0 Å². The second-order valence-corrected chi connectivity index (χ2v) is 10.4. The fourth-order valence-corrected chi connectivity index (χ4v) is 4.86. The minimum absolute atomic E-state index is 0.164. The number of piperidine rings is 1. The van der Waals surface area contributed by atoms with Crippen molar-refractivity contribution in [2.45, 2.75) is 56.6 Å². The topological polar surface area (TPSA) is 58.8 Å². The van der Waals surface area contributed by atoms with Gasteiger partial charge >= 0.3 is 6.09 Å².